The van der Waals surface area contributed by atoms with Gasteiger partial charge in [-0.05, 0) is 68.7 Å². The molecule has 2 aromatic carbocycles. The van der Waals surface area contributed by atoms with Crippen LogP contribution in [-0.2, 0) is 4.79 Å². The van der Waals surface area contributed by atoms with Gasteiger partial charge in [-0.25, -0.2) is 0 Å². The first-order chi connectivity index (χ1) is 13.0. The van der Waals surface area contributed by atoms with Crippen LogP contribution in [0.25, 0.3) is 0 Å². The molecular formula is C23H31NO3. The number of unbranched alkanes of at least 4 members (excludes halogenated alkanes) is 3. The Hall–Kier alpha value is -2.49. The van der Waals surface area contributed by atoms with Gasteiger partial charge in [0.1, 0.15) is 11.5 Å². The lowest BCUT2D eigenvalue weighted by Crippen LogP contribution is -2.30. The number of nitrogens with one attached hydrogen (secondary N) is 1. The number of hydrogen-bond acceptors (Lipinski definition) is 3. The lowest BCUT2D eigenvalue weighted by Gasteiger charge is -2.17. The highest BCUT2D eigenvalue weighted by Crippen LogP contribution is 2.21. The predicted octanol–water partition coefficient (Wildman–Crippen LogP) is 5.67. The molecule has 2 aromatic rings. The summed E-state index contributed by atoms with van der Waals surface area (Å²) in [6.45, 7) is 8.66. The number of amides is 1. The van der Waals surface area contributed by atoms with Gasteiger partial charge in [0.2, 0.25) is 0 Å². The molecule has 0 aliphatic carbocycles. The van der Waals surface area contributed by atoms with Crippen molar-refractivity contribution in [1.82, 2.24) is 0 Å². The van der Waals surface area contributed by atoms with E-state index in [1.165, 1.54) is 19.3 Å². The number of hydrogen-bond donors (Lipinski definition) is 1. The highest BCUT2D eigenvalue weighted by molar-refractivity contribution is 5.94. The van der Waals surface area contributed by atoms with Gasteiger partial charge in [0.25, 0.3) is 5.91 Å². The summed E-state index contributed by atoms with van der Waals surface area (Å²) < 4.78 is 11.6. The van der Waals surface area contributed by atoms with Gasteiger partial charge in [0.15, 0.2) is 6.10 Å². The second-order valence-electron chi connectivity index (χ2n) is 6.95. The Bertz CT molecular complexity index is 725. The third-order valence-electron chi connectivity index (χ3n) is 4.41. The Balaban J connectivity index is 1.83. The maximum atomic E-state index is 12.4. The lowest BCUT2D eigenvalue weighted by molar-refractivity contribution is -0.122. The summed E-state index contributed by atoms with van der Waals surface area (Å²) in [5.41, 5.74) is 2.85. The van der Waals surface area contributed by atoms with Gasteiger partial charge in [-0.3, -0.25) is 4.79 Å². The van der Waals surface area contributed by atoms with E-state index in [0.717, 1.165) is 41.3 Å². The van der Waals surface area contributed by atoms with Gasteiger partial charge in [-0.1, -0.05) is 38.3 Å². The molecule has 0 saturated heterocycles. The van der Waals surface area contributed by atoms with Crippen LogP contribution in [-0.4, -0.2) is 18.6 Å². The van der Waals surface area contributed by atoms with Crippen molar-refractivity contribution in [2.75, 3.05) is 11.9 Å². The van der Waals surface area contributed by atoms with Gasteiger partial charge in [-0.2, -0.15) is 0 Å². The van der Waals surface area contributed by atoms with Crippen molar-refractivity contribution in [1.29, 1.82) is 0 Å². The fourth-order valence-corrected chi connectivity index (χ4v) is 2.68. The zero-order valence-electron chi connectivity index (χ0n) is 16.9. The lowest BCUT2D eigenvalue weighted by atomic mass is 10.1. The molecule has 1 unspecified atom stereocenters. The maximum Gasteiger partial charge on any atom is 0.265 e. The summed E-state index contributed by atoms with van der Waals surface area (Å²) in [7, 11) is 0. The monoisotopic (exact) mass is 369 g/mol. The van der Waals surface area contributed by atoms with Crippen molar-refractivity contribution < 1.29 is 14.3 Å². The minimum atomic E-state index is -0.583. The summed E-state index contributed by atoms with van der Waals surface area (Å²) >= 11 is 0. The van der Waals surface area contributed by atoms with Crippen LogP contribution in [0, 0.1) is 13.8 Å². The quantitative estimate of drug-likeness (QED) is 0.549. The van der Waals surface area contributed by atoms with E-state index in [0.29, 0.717) is 0 Å². The molecule has 2 rings (SSSR count). The Morgan fingerprint density at radius 3 is 2.48 bits per heavy atom. The van der Waals surface area contributed by atoms with E-state index < -0.39 is 6.10 Å². The number of rotatable bonds is 10. The van der Waals surface area contributed by atoms with E-state index in [2.05, 4.69) is 12.2 Å². The predicted molar refractivity (Wildman–Crippen MR) is 111 cm³/mol. The average molecular weight is 370 g/mol. The van der Waals surface area contributed by atoms with Crippen LogP contribution in [0.1, 0.15) is 50.7 Å². The molecule has 0 heterocycles. The highest BCUT2D eigenvalue weighted by atomic mass is 16.5. The Labute approximate surface area is 162 Å². The molecule has 0 fully saturated rings. The van der Waals surface area contributed by atoms with Crippen molar-refractivity contribution in [3.05, 3.63) is 53.6 Å². The summed E-state index contributed by atoms with van der Waals surface area (Å²) in [6, 6.07) is 13.4. The molecule has 0 aliphatic rings. The standard InChI is InChI=1S/C23H31NO3/c1-5-6-7-8-15-26-21-13-11-20(12-14-21)24-23(25)19(4)27-22-16-17(2)9-10-18(22)3/h9-14,16,19H,5-8,15H2,1-4H3,(H,24,25). The zero-order chi connectivity index (χ0) is 19.6. The Kier molecular flexibility index (Phi) is 8.18. The SMILES string of the molecule is CCCCCCOc1ccc(NC(=O)C(C)Oc2cc(C)ccc2C)cc1. The molecule has 0 radical (unpaired) electrons. The summed E-state index contributed by atoms with van der Waals surface area (Å²) in [6.07, 6.45) is 4.15. The van der Waals surface area contributed by atoms with Gasteiger partial charge >= 0.3 is 0 Å². The molecule has 0 aromatic heterocycles. The van der Waals surface area contributed by atoms with Crippen molar-refractivity contribution >= 4 is 11.6 Å². The molecule has 4 nitrogen and oxygen atoms in total. The summed E-state index contributed by atoms with van der Waals surface area (Å²) in [5.74, 6) is 1.39. The van der Waals surface area contributed by atoms with Crippen LogP contribution in [0.3, 0.4) is 0 Å². The fourth-order valence-electron chi connectivity index (χ4n) is 2.68. The van der Waals surface area contributed by atoms with Gasteiger partial charge in [0, 0.05) is 5.69 Å². The first-order valence-electron chi connectivity index (χ1n) is 9.77. The molecule has 4 heteroatoms. The number of anilines is 1. The summed E-state index contributed by atoms with van der Waals surface area (Å²) in [4.78, 5) is 12.4. The van der Waals surface area contributed by atoms with E-state index in [4.69, 9.17) is 9.47 Å². The highest BCUT2D eigenvalue weighted by Gasteiger charge is 2.16. The molecule has 146 valence electrons. The van der Waals surface area contributed by atoms with E-state index in [9.17, 15) is 4.79 Å². The zero-order valence-corrected chi connectivity index (χ0v) is 16.9. The van der Waals surface area contributed by atoms with Crippen molar-refractivity contribution in [2.45, 2.75) is 59.5 Å². The fraction of sp³-hybridized carbons (Fsp3) is 0.435. The van der Waals surface area contributed by atoms with Crippen LogP contribution in [0.5, 0.6) is 11.5 Å². The molecule has 1 amide bonds. The molecule has 0 spiro atoms. The minimum Gasteiger partial charge on any atom is -0.494 e. The maximum absolute atomic E-state index is 12.4. The molecular weight excluding hydrogens is 338 g/mol. The van der Waals surface area contributed by atoms with E-state index in [1.54, 1.807) is 6.92 Å². The number of carbonyl (C=O) groups excluding carboxylic acids is 1. The van der Waals surface area contributed by atoms with E-state index >= 15 is 0 Å². The number of carbonyl (C=O) groups is 1. The third-order valence-corrected chi connectivity index (χ3v) is 4.41. The smallest absolute Gasteiger partial charge is 0.265 e. The van der Waals surface area contributed by atoms with E-state index in [-0.39, 0.29) is 5.91 Å². The molecule has 0 bridgehead atoms. The van der Waals surface area contributed by atoms with Crippen LogP contribution in [0.2, 0.25) is 0 Å². The van der Waals surface area contributed by atoms with Gasteiger partial charge in [0.05, 0.1) is 6.61 Å². The molecule has 27 heavy (non-hydrogen) atoms. The second-order valence-corrected chi connectivity index (χ2v) is 6.95. The van der Waals surface area contributed by atoms with Crippen LogP contribution in [0.15, 0.2) is 42.5 Å². The Morgan fingerprint density at radius 2 is 1.78 bits per heavy atom. The molecule has 1 atom stereocenters. The van der Waals surface area contributed by atoms with Crippen LogP contribution in [0.4, 0.5) is 5.69 Å². The first-order valence-corrected chi connectivity index (χ1v) is 9.77. The van der Waals surface area contributed by atoms with Crippen LogP contribution < -0.4 is 14.8 Å². The normalized spacial score (nSPS) is 11.7. The number of aryl methyl sites for hydroxylation is 2. The molecule has 1 N–H and O–H groups in total. The van der Waals surface area contributed by atoms with Crippen molar-refractivity contribution in [3.63, 3.8) is 0 Å². The minimum absolute atomic E-state index is 0.177. The third kappa shape index (κ3) is 6.97. The number of benzene rings is 2. The molecule has 0 aliphatic heterocycles. The van der Waals surface area contributed by atoms with Crippen molar-refractivity contribution in [2.24, 2.45) is 0 Å². The Morgan fingerprint density at radius 1 is 1.04 bits per heavy atom. The van der Waals surface area contributed by atoms with Gasteiger partial charge < -0.3 is 14.8 Å². The van der Waals surface area contributed by atoms with E-state index in [1.807, 2.05) is 56.3 Å². The topological polar surface area (TPSA) is 47.6 Å². The molecule has 0 saturated carbocycles. The first kappa shape index (κ1) is 20.8. The van der Waals surface area contributed by atoms with Gasteiger partial charge in [-0.15, -0.1) is 0 Å². The largest absolute Gasteiger partial charge is 0.494 e. The number of ether oxygens (including phenoxy) is 2. The summed E-state index contributed by atoms with van der Waals surface area (Å²) in [5, 5.41) is 2.89. The second kappa shape index (κ2) is 10.6. The van der Waals surface area contributed by atoms with Crippen molar-refractivity contribution in [3.8, 4) is 11.5 Å². The average Bonchev–Trinajstić information content (AvgIpc) is 2.65. The van der Waals surface area contributed by atoms with Crippen LogP contribution >= 0.6 is 0 Å².